The number of anilines is 1. The Kier molecular flexibility index (Phi) is 5.59. The Bertz CT molecular complexity index is 588. The summed E-state index contributed by atoms with van der Waals surface area (Å²) < 4.78 is 0. The molecule has 3 N–H and O–H groups in total. The van der Waals surface area contributed by atoms with Crippen molar-refractivity contribution in [3.63, 3.8) is 0 Å². The molecule has 20 heavy (non-hydrogen) atoms. The van der Waals surface area contributed by atoms with E-state index in [-0.39, 0.29) is 12.4 Å². The number of aromatic amines is 1. The van der Waals surface area contributed by atoms with Crippen LogP contribution in [0.15, 0.2) is 17.9 Å². The van der Waals surface area contributed by atoms with Gasteiger partial charge in [0.2, 0.25) is 0 Å². The first-order chi connectivity index (χ1) is 9.22. The van der Waals surface area contributed by atoms with Crippen LogP contribution in [0.25, 0.3) is 11.2 Å². The van der Waals surface area contributed by atoms with Crippen LogP contribution in [-0.4, -0.2) is 51.1 Å². The second-order valence-corrected chi connectivity index (χ2v) is 3.59. The van der Waals surface area contributed by atoms with Crippen molar-refractivity contribution in [2.75, 3.05) is 25.5 Å². The molecule has 11 heteroatoms. The number of halogens is 1. The van der Waals surface area contributed by atoms with E-state index in [1.807, 2.05) is 0 Å². The summed E-state index contributed by atoms with van der Waals surface area (Å²) in [4.78, 5) is 36.2. The molecule has 2 aromatic rings. The number of nitrogens with one attached hydrogen (secondary N) is 3. The van der Waals surface area contributed by atoms with Crippen LogP contribution < -0.4 is 10.6 Å². The van der Waals surface area contributed by atoms with Gasteiger partial charge in [0.05, 0.1) is 11.6 Å². The molecule has 0 atom stereocenters. The van der Waals surface area contributed by atoms with E-state index in [1.54, 1.807) is 0 Å². The first-order valence-corrected chi connectivity index (χ1v) is 5.45. The van der Waals surface area contributed by atoms with Crippen LogP contribution in [0.2, 0.25) is 0 Å². The number of amides is 2. The summed E-state index contributed by atoms with van der Waals surface area (Å²) in [5, 5.41) is 8.68. The summed E-state index contributed by atoms with van der Waals surface area (Å²) in [6.07, 6.45) is 2.92. The number of rotatable bonds is 5. The van der Waals surface area contributed by atoms with E-state index in [2.05, 4.69) is 35.9 Å². The summed E-state index contributed by atoms with van der Waals surface area (Å²) >= 11 is 0. The number of imidazole rings is 1. The molecule has 2 heterocycles. The van der Waals surface area contributed by atoms with E-state index in [1.165, 1.54) is 19.7 Å². The fourth-order valence-electron chi connectivity index (χ4n) is 1.40. The Morgan fingerprint density at radius 3 is 2.95 bits per heavy atom. The van der Waals surface area contributed by atoms with Crippen LogP contribution in [0.3, 0.4) is 0 Å². The number of aromatic nitrogens is 4. The molecular weight excluding hydrogens is 288 g/mol. The number of carbonyl (C=O) groups excluding carboxylic acids is 1. The Labute approximate surface area is 119 Å². The van der Waals surface area contributed by atoms with Crippen LogP contribution in [0.5, 0.6) is 0 Å². The minimum atomic E-state index is -0.564. The maximum atomic E-state index is 11.2. The van der Waals surface area contributed by atoms with Crippen molar-refractivity contribution in [2.24, 2.45) is 5.29 Å². The third-order valence-corrected chi connectivity index (χ3v) is 2.33. The summed E-state index contributed by atoms with van der Waals surface area (Å²) in [6.45, 7) is 0.752. The molecule has 0 fully saturated rings. The third-order valence-electron chi connectivity index (χ3n) is 2.33. The van der Waals surface area contributed by atoms with Gasteiger partial charge in [0.25, 0.3) is 0 Å². The van der Waals surface area contributed by atoms with Gasteiger partial charge in [-0.3, -0.25) is 0 Å². The number of nitrogens with zero attached hydrogens (tertiary/aromatic N) is 5. The van der Waals surface area contributed by atoms with E-state index in [4.69, 9.17) is 0 Å². The predicted molar refractivity (Wildman–Crippen MR) is 74.4 cm³/mol. The van der Waals surface area contributed by atoms with E-state index >= 15 is 0 Å². The smallest absolute Gasteiger partial charge is 0.340 e. The highest BCUT2D eigenvalue weighted by Gasteiger charge is 2.07. The molecule has 0 saturated heterocycles. The molecule has 0 saturated carbocycles. The average molecular weight is 301 g/mol. The largest absolute Gasteiger partial charge is 0.366 e. The van der Waals surface area contributed by atoms with Gasteiger partial charge in [-0.15, -0.1) is 17.3 Å². The molecule has 2 amide bonds. The summed E-state index contributed by atoms with van der Waals surface area (Å²) in [7, 11) is 1.27. The molecule has 0 aliphatic carbocycles. The van der Waals surface area contributed by atoms with Crippen molar-refractivity contribution in [2.45, 2.75) is 0 Å². The van der Waals surface area contributed by atoms with Crippen LogP contribution in [0.1, 0.15) is 0 Å². The third kappa shape index (κ3) is 3.51. The number of hydrogen-bond donors (Lipinski definition) is 3. The molecule has 108 valence electrons. The summed E-state index contributed by atoms with van der Waals surface area (Å²) in [5.41, 5.74) is 1.26. The van der Waals surface area contributed by atoms with Gasteiger partial charge in [-0.1, -0.05) is 0 Å². The zero-order chi connectivity index (χ0) is 13.7. The van der Waals surface area contributed by atoms with E-state index < -0.39 is 6.03 Å². The van der Waals surface area contributed by atoms with Crippen LogP contribution in [0, 0.1) is 4.91 Å². The molecule has 2 aromatic heterocycles. The van der Waals surface area contributed by atoms with Crippen LogP contribution in [0.4, 0.5) is 10.6 Å². The van der Waals surface area contributed by atoms with Crippen molar-refractivity contribution in [1.29, 1.82) is 0 Å². The number of carbonyl (C=O) groups is 1. The number of nitroso groups, excluding NO2 is 1. The number of urea groups is 1. The monoisotopic (exact) mass is 300 g/mol. The second kappa shape index (κ2) is 7.19. The molecule has 0 radical (unpaired) electrons. The van der Waals surface area contributed by atoms with Gasteiger partial charge in [0.1, 0.15) is 11.8 Å². The minimum Gasteiger partial charge on any atom is -0.366 e. The zero-order valence-electron chi connectivity index (χ0n) is 10.5. The molecule has 0 bridgehead atoms. The normalized spacial score (nSPS) is 9.65. The molecule has 2 rings (SSSR count). The van der Waals surface area contributed by atoms with Gasteiger partial charge in [0.15, 0.2) is 11.5 Å². The topological polar surface area (TPSA) is 128 Å². The fourth-order valence-corrected chi connectivity index (χ4v) is 1.40. The SMILES string of the molecule is CN(N=O)C(=O)NCCNc1ncnc2nc[nH]c12.Cl. The lowest BCUT2D eigenvalue weighted by Gasteiger charge is -2.10. The highest BCUT2D eigenvalue weighted by molar-refractivity contribution is 5.85. The first kappa shape index (κ1) is 15.6. The molecular formula is C9H13ClN8O2. The van der Waals surface area contributed by atoms with Gasteiger partial charge in [-0.25, -0.2) is 19.7 Å². The van der Waals surface area contributed by atoms with Crippen LogP contribution in [-0.2, 0) is 0 Å². The summed E-state index contributed by atoms with van der Waals surface area (Å²) in [6, 6.07) is -0.564. The number of H-pyrrole nitrogens is 1. The molecule has 0 aliphatic rings. The van der Waals surface area contributed by atoms with Crippen molar-refractivity contribution in [3.05, 3.63) is 17.6 Å². The average Bonchev–Trinajstić information content (AvgIpc) is 2.91. The molecule has 10 nitrogen and oxygen atoms in total. The summed E-state index contributed by atoms with van der Waals surface area (Å²) in [5.74, 6) is 0.596. The Hall–Kier alpha value is -2.49. The van der Waals surface area contributed by atoms with Gasteiger partial charge < -0.3 is 15.6 Å². The van der Waals surface area contributed by atoms with E-state index in [0.29, 0.717) is 35.1 Å². The number of hydrogen-bond acceptors (Lipinski definition) is 7. The van der Waals surface area contributed by atoms with Crippen molar-refractivity contribution in [1.82, 2.24) is 30.3 Å². The molecule has 0 unspecified atom stereocenters. The molecule has 0 aromatic carbocycles. The van der Waals surface area contributed by atoms with Crippen molar-refractivity contribution in [3.8, 4) is 0 Å². The van der Waals surface area contributed by atoms with Gasteiger partial charge in [0, 0.05) is 20.1 Å². The minimum absolute atomic E-state index is 0. The fraction of sp³-hybridized carbons (Fsp3) is 0.333. The maximum absolute atomic E-state index is 11.2. The zero-order valence-corrected chi connectivity index (χ0v) is 11.3. The number of fused-ring (bicyclic) bond motifs is 1. The quantitative estimate of drug-likeness (QED) is 0.419. The standard InChI is InChI=1S/C9H12N8O2.ClH/c1-17(16-19)9(18)11-3-2-10-7-6-8(13-4-12-6)15-5-14-7;/h4-5H,2-3H2,1H3,(H,11,18)(H2,10,12,13,14,15);1H. The van der Waals surface area contributed by atoms with Crippen molar-refractivity contribution < 1.29 is 4.79 Å². The van der Waals surface area contributed by atoms with Crippen molar-refractivity contribution >= 4 is 35.4 Å². The Morgan fingerprint density at radius 1 is 1.40 bits per heavy atom. The van der Waals surface area contributed by atoms with E-state index in [0.717, 1.165) is 0 Å². The highest BCUT2D eigenvalue weighted by atomic mass is 35.5. The van der Waals surface area contributed by atoms with Gasteiger partial charge >= 0.3 is 6.03 Å². The van der Waals surface area contributed by atoms with Gasteiger partial charge in [-0.2, -0.15) is 5.01 Å². The van der Waals surface area contributed by atoms with Gasteiger partial charge in [-0.05, 0) is 0 Å². The van der Waals surface area contributed by atoms with Crippen LogP contribution >= 0.6 is 12.4 Å². The van der Waals surface area contributed by atoms with E-state index in [9.17, 15) is 9.70 Å². The predicted octanol–water partition coefficient (Wildman–Crippen LogP) is 0.509. The Balaban J connectivity index is 0.00000200. The lowest BCUT2D eigenvalue weighted by atomic mass is 10.5. The molecule has 0 aliphatic heterocycles. The lowest BCUT2D eigenvalue weighted by molar-refractivity contribution is 0.210. The first-order valence-electron chi connectivity index (χ1n) is 5.45. The lowest BCUT2D eigenvalue weighted by Crippen LogP contribution is -2.36. The Morgan fingerprint density at radius 2 is 2.20 bits per heavy atom. The second-order valence-electron chi connectivity index (χ2n) is 3.59. The maximum Gasteiger partial charge on any atom is 0.340 e. The molecule has 0 spiro atoms. The highest BCUT2D eigenvalue weighted by Crippen LogP contribution is 2.13.